The van der Waals surface area contributed by atoms with E-state index in [1.54, 1.807) is 12.1 Å². The smallest absolute Gasteiger partial charge is 0.269 e. The van der Waals surface area contributed by atoms with E-state index in [-0.39, 0.29) is 5.69 Å². The maximum Gasteiger partial charge on any atom is 0.269 e. The van der Waals surface area contributed by atoms with E-state index in [0.29, 0.717) is 17.9 Å². The Bertz CT molecular complexity index is 1050. The lowest BCUT2D eigenvalue weighted by Crippen LogP contribution is -2.18. The van der Waals surface area contributed by atoms with E-state index in [4.69, 9.17) is 0 Å². The molecule has 4 rings (SSSR count). The van der Waals surface area contributed by atoms with E-state index in [2.05, 4.69) is 25.7 Å². The van der Waals surface area contributed by atoms with Crippen molar-refractivity contribution in [1.29, 1.82) is 5.26 Å². The van der Waals surface area contributed by atoms with Crippen LogP contribution in [0.5, 0.6) is 0 Å². The molecule has 0 aliphatic carbocycles. The summed E-state index contributed by atoms with van der Waals surface area (Å²) < 4.78 is 2.08. The minimum atomic E-state index is -0.407. The van der Waals surface area contributed by atoms with Gasteiger partial charge in [-0.25, -0.2) is 0 Å². The highest BCUT2D eigenvalue weighted by atomic mass is 32.2. The molecule has 0 N–H and O–H groups in total. The Kier molecular flexibility index (Phi) is 5.36. The summed E-state index contributed by atoms with van der Waals surface area (Å²) in [6.07, 6.45) is 4.20. The number of fused-ring (bicyclic) bond motifs is 1. The summed E-state index contributed by atoms with van der Waals surface area (Å²) >= 11 is 1.48. The van der Waals surface area contributed by atoms with Gasteiger partial charge in [0.15, 0.2) is 5.82 Å². The first-order valence-electron chi connectivity index (χ1n) is 9.60. The first kappa shape index (κ1) is 19.2. The number of benzene rings is 1. The van der Waals surface area contributed by atoms with Crippen LogP contribution in [0, 0.1) is 21.4 Å². The number of nitro groups is 1. The third-order valence-corrected chi connectivity index (χ3v) is 6.16. The maximum absolute atomic E-state index is 10.9. The van der Waals surface area contributed by atoms with E-state index in [1.807, 2.05) is 12.3 Å². The second kappa shape index (κ2) is 8.09. The van der Waals surface area contributed by atoms with Crippen LogP contribution in [0.1, 0.15) is 43.4 Å². The predicted octanol–water partition coefficient (Wildman–Crippen LogP) is 4.17. The molecule has 0 spiro atoms. The lowest BCUT2D eigenvalue weighted by atomic mass is 10.1. The Balaban J connectivity index is 1.71. The van der Waals surface area contributed by atoms with Gasteiger partial charge >= 0.3 is 0 Å². The van der Waals surface area contributed by atoms with Crippen molar-refractivity contribution in [3.05, 3.63) is 62.0 Å². The first-order chi connectivity index (χ1) is 14.1. The summed E-state index contributed by atoms with van der Waals surface area (Å²) in [5, 5.41) is 32.4. The molecule has 2 aliphatic heterocycles. The number of aromatic nitrogens is 3. The third kappa shape index (κ3) is 3.51. The maximum atomic E-state index is 10.9. The summed E-state index contributed by atoms with van der Waals surface area (Å²) in [5.74, 6) is 1.57. The zero-order valence-corrected chi connectivity index (χ0v) is 16.9. The molecule has 0 radical (unpaired) electrons. The van der Waals surface area contributed by atoms with Crippen molar-refractivity contribution in [1.82, 2.24) is 19.7 Å². The molecular formula is C20H20N6O2S. The zero-order valence-electron chi connectivity index (χ0n) is 16.0. The van der Waals surface area contributed by atoms with Crippen LogP contribution in [0.25, 0.3) is 11.3 Å². The summed E-state index contributed by atoms with van der Waals surface area (Å²) in [7, 11) is 0. The third-order valence-electron chi connectivity index (χ3n) is 5.17. The van der Waals surface area contributed by atoms with Crippen LogP contribution < -0.4 is 0 Å². The average molecular weight is 408 g/mol. The lowest BCUT2D eigenvalue weighted by molar-refractivity contribution is -0.384. The summed E-state index contributed by atoms with van der Waals surface area (Å²) in [6, 6.07) is 8.83. The lowest BCUT2D eigenvalue weighted by Gasteiger charge is -2.22. The molecule has 1 aromatic carbocycles. The fourth-order valence-corrected chi connectivity index (χ4v) is 4.79. The molecule has 0 unspecified atom stereocenters. The Morgan fingerprint density at radius 3 is 2.76 bits per heavy atom. The highest BCUT2D eigenvalue weighted by molar-refractivity contribution is 8.06. The van der Waals surface area contributed by atoms with Crippen LogP contribution >= 0.6 is 11.8 Å². The molecule has 0 saturated heterocycles. The second-order valence-corrected chi connectivity index (χ2v) is 7.72. The van der Waals surface area contributed by atoms with Gasteiger partial charge in [0.05, 0.1) is 10.6 Å². The van der Waals surface area contributed by atoms with E-state index in [0.717, 1.165) is 54.3 Å². The van der Waals surface area contributed by atoms with Crippen molar-refractivity contribution < 1.29 is 4.92 Å². The van der Waals surface area contributed by atoms with Crippen molar-refractivity contribution in [2.75, 3.05) is 6.54 Å². The standard InChI is InChI=1S/C20H20N6O2S/c1-2-24-17(14-7-9-15(10-8-14)26(27)28)13-29-20(24)16(12-21)19-23-22-18-6-4-3-5-11-25(18)19/h7-10,13H,2-6,11H2,1H3/b20-16+. The highest BCUT2D eigenvalue weighted by Gasteiger charge is 2.28. The molecule has 0 fully saturated rings. The van der Waals surface area contributed by atoms with E-state index < -0.39 is 4.92 Å². The van der Waals surface area contributed by atoms with E-state index in [1.165, 1.54) is 23.9 Å². The van der Waals surface area contributed by atoms with Gasteiger partial charge in [-0.2, -0.15) is 5.26 Å². The molecule has 9 heteroatoms. The fourth-order valence-electron chi connectivity index (χ4n) is 3.70. The number of rotatable bonds is 4. The number of non-ortho nitro benzene ring substituents is 1. The summed E-state index contributed by atoms with van der Waals surface area (Å²) in [4.78, 5) is 12.6. The van der Waals surface area contributed by atoms with Gasteiger partial charge in [0.1, 0.15) is 22.5 Å². The van der Waals surface area contributed by atoms with Crippen molar-refractivity contribution in [3.8, 4) is 6.07 Å². The Hall–Kier alpha value is -3.12. The van der Waals surface area contributed by atoms with Gasteiger partial charge in [-0.1, -0.05) is 18.2 Å². The van der Waals surface area contributed by atoms with E-state index >= 15 is 0 Å². The van der Waals surface area contributed by atoms with Crippen LogP contribution in [0.4, 0.5) is 5.69 Å². The van der Waals surface area contributed by atoms with Crippen LogP contribution in [-0.4, -0.2) is 31.1 Å². The average Bonchev–Trinajstić information content (AvgIpc) is 3.26. The quantitative estimate of drug-likeness (QED) is 0.425. The summed E-state index contributed by atoms with van der Waals surface area (Å²) in [6.45, 7) is 3.51. The molecule has 0 bridgehead atoms. The molecular weight excluding hydrogens is 388 g/mol. The van der Waals surface area contributed by atoms with Crippen LogP contribution in [0.15, 0.2) is 34.7 Å². The van der Waals surface area contributed by atoms with Crippen LogP contribution in [-0.2, 0) is 13.0 Å². The van der Waals surface area contributed by atoms with Gasteiger partial charge in [0.2, 0.25) is 0 Å². The van der Waals surface area contributed by atoms with Crippen LogP contribution in [0.2, 0.25) is 0 Å². The van der Waals surface area contributed by atoms with Crippen molar-refractivity contribution in [3.63, 3.8) is 0 Å². The van der Waals surface area contributed by atoms with E-state index in [9.17, 15) is 15.4 Å². The number of hydrogen-bond donors (Lipinski definition) is 0. The van der Waals surface area contributed by atoms with Gasteiger partial charge in [0, 0.05) is 37.1 Å². The Morgan fingerprint density at radius 1 is 1.28 bits per heavy atom. The van der Waals surface area contributed by atoms with Gasteiger partial charge in [-0.15, -0.1) is 10.2 Å². The largest absolute Gasteiger partial charge is 0.334 e. The number of nitro benzene ring substituents is 1. The normalized spacial score (nSPS) is 17.9. The second-order valence-electron chi connectivity index (χ2n) is 6.86. The molecule has 8 nitrogen and oxygen atoms in total. The molecule has 0 atom stereocenters. The number of nitrogens with zero attached hydrogens (tertiary/aromatic N) is 6. The Morgan fingerprint density at radius 2 is 2.07 bits per heavy atom. The molecule has 29 heavy (non-hydrogen) atoms. The molecule has 3 heterocycles. The summed E-state index contributed by atoms with van der Waals surface area (Å²) in [5.41, 5.74) is 2.37. The minimum Gasteiger partial charge on any atom is -0.334 e. The van der Waals surface area contributed by atoms with Crippen molar-refractivity contribution in [2.24, 2.45) is 0 Å². The zero-order chi connectivity index (χ0) is 20.4. The van der Waals surface area contributed by atoms with Gasteiger partial charge in [0.25, 0.3) is 5.69 Å². The molecule has 0 saturated carbocycles. The predicted molar refractivity (Wildman–Crippen MR) is 111 cm³/mol. The first-order valence-corrected chi connectivity index (χ1v) is 10.5. The molecule has 2 aromatic rings. The van der Waals surface area contributed by atoms with Crippen molar-refractivity contribution in [2.45, 2.75) is 39.2 Å². The number of hydrogen-bond acceptors (Lipinski definition) is 7. The number of thioether (sulfide) groups is 1. The van der Waals surface area contributed by atoms with Gasteiger partial charge in [-0.05, 0) is 37.5 Å². The number of nitriles is 1. The van der Waals surface area contributed by atoms with Crippen LogP contribution in [0.3, 0.4) is 0 Å². The topological polar surface area (TPSA) is 101 Å². The molecule has 1 aromatic heterocycles. The number of allylic oxidation sites excluding steroid dienone is 1. The molecule has 2 aliphatic rings. The van der Waals surface area contributed by atoms with Gasteiger partial charge in [-0.3, -0.25) is 10.1 Å². The molecule has 0 amide bonds. The minimum absolute atomic E-state index is 0.0580. The van der Waals surface area contributed by atoms with Crippen molar-refractivity contribution >= 4 is 28.7 Å². The number of aryl methyl sites for hydroxylation is 1. The fraction of sp³-hybridized carbons (Fsp3) is 0.350. The SMILES string of the molecule is CCN1C(c2ccc([N+](=O)[O-])cc2)=CS/C1=C(\C#N)c1nnc2n1CCCCC2. The monoisotopic (exact) mass is 408 g/mol. The van der Waals surface area contributed by atoms with Gasteiger partial charge < -0.3 is 9.47 Å². The highest BCUT2D eigenvalue weighted by Crippen LogP contribution is 2.43. The Labute approximate surface area is 172 Å². The molecule has 148 valence electrons.